The largest absolute Gasteiger partial charge is 0.505 e. The second kappa shape index (κ2) is 8.81. The number of aliphatic hydroxyl groups excluding tert-OH is 1. The lowest BCUT2D eigenvalue weighted by Crippen LogP contribution is -2.28. The number of nitrogens with zero attached hydrogens (tertiary/aromatic N) is 1. The maximum atomic E-state index is 13.5. The summed E-state index contributed by atoms with van der Waals surface area (Å²) >= 11 is 0. The number of aromatic hydroxyl groups is 1. The summed E-state index contributed by atoms with van der Waals surface area (Å²) < 4.78 is 33.0. The van der Waals surface area contributed by atoms with Crippen LogP contribution in [0.4, 0.5) is 11.4 Å². The Balaban J connectivity index is 2.11. The second-order valence-electron chi connectivity index (χ2n) is 7.79. The van der Waals surface area contributed by atoms with Gasteiger partial charge in [0.25, 0.3) is 0 Å². The normalized spacial score (nSPS) is 12.7. The van der Waals surface area contributed by atoms with E-state index < -0.39 is 27.3 Å². The number of hydrogen-bond acceptors (Lipinski definition) is 8. The highest BCUT2D eigenvalue weighted by Crippen LogP contribution is 2.52. The minimum atomic E-state index is -3.95. The van der Waals surface area contributed by atoms with Crippen LogP contribution in [0.1, 0.15) is 31.8 Å². The van der Waals surface area contributed by atoms with Crippen molar-refractivity contribution in [3.05, 3.63) is 76.9 Å². The zero-order chi connectivity index (χ0) is 24.6. The van der Waals surface area contributed by atoms with Gasteiger partial charge < -0.3 is 19.8 Å². The lowest BCUT2D eigenvalue weighted by Gasteiger charge is -2.29. The predicted octanol–water partition coefficient (Wildman–Crippen LogP) is 2.76. The van der Waals surface area contributed by atoms with E-state index in [1.807, 2.05) is 0 Å². The van der Waals surface area contributed by atoms with Crippen molar-refractivity contribution in [1.82, 2.24) is 0 Å². The van der Waals surface area contributed by atoms with Crippen LogP contribution < -0.4 is 14.4 Å². The molecule has 34 heavy (non-hydrogen) atoms. The van der Waals surface area contributed by atoms with Crippen molar-refractivity contribution in [1.29, 1.82) is 0 Å². The van der Waals surface area contributed by atoms with Gasteiger partial charge in [0.2, 0.25) is 10.0 Å². The lowest BCUT2D eigenvalue weighted by atomic mass is 9.82. The molecule has 0 heterocycles. The Hall–Kier alpha value is -3.89. The number of sulfonamides is 1. The van der Waals surface area contributed by atoms with E-state index in [9.17, 15) is 28.2 Å². The number of likely N-dealkylation sites (N-methyl/N-ethyl adjacent to an activating group) is 1. The average molecular weight is 483 g/mol. The van der Waals surface area contributed by atoms with E-state index in [0.29, 0.717) is 5.75 Å². The molecule has 0 atom stereocenters. The molecule has 0 radical (unpaired) electrons. The SMILES string of the molecule is CN(CCO)c1c(O)c2c(c(NS(C)(=O)=O)c1Oc1ccccc1)C(=O)c1ccccc1C2=O. The summed E-state index contributed by atoms with van der Waals surface area (Å²) in [4.78, 5) is 28.3. The molecule has 0 fully saturated rings. The van der Waals surface area contributed by atoms with Gasteiger partial charge in [0, 0.05) is 24.7 Å². The molecular formula is C24H22N2O7S. The van der Waals surface area contributed by atoms with Crippen LogP contribution in [0.2, 0.25) is 0 Å². The van der Waals surface area contributed by atoms with Crippen LogP contribution in [-0.4, -0.2) is 56.7 Å². The number of carbonyl (C=O) groups excluding carboxylic acids is 2. The van der Waals surface area contributed by atoms with Gasteiger partial charge >= 0.3 is 0 Å². The van der Waals surface area contributed by atoms with Crippen LogP contribution in [0, 0.1) is 0 Å². The van der Waals surface area contributed by atoms with E-state index in [4.69, 9.17) is 4.74 Å². The fraction of sp³-hybridized carbons (Fsp3) is 0.167. The number of nitrogens with one attached hydrogen (secondary N) is 1. The van der Waals surface area contributed by atoms with Crippen molar-refractivity contribution in [3.8, 4) is 17.2 Å². The van der Waals surface area contributed by atoms with Crippen molar-refractivity contribution in [2.24, 2.45) is 0 Å². The Kier molecular flexibility index (Phi) is 6.03. The minimum absolute atomic E-state index is 0.0224. The molecule has 176 valence electrons. The molecule has 10 heteroatoms. The van der Waals surface area contributed by atoms with Gasteiger partial charge in [0.15, 0.2) is 23.1 Å². The molecule has 4 rings (SSSR count). The number of rotatable bonds is 7. The van der Waals surface area contributed by atoms with Gasteiger partial charge in [-0.25, -0.2) is 8.42 Å². The van der Waals surface area contributed by atoms with Crippen molar-refractivity contribution in [2.75, 3.05) is 36.1 Å². The number of para-hydroxylation sites is 1. The number of carbonyl (C=O) groups is 2. The van der Waals surface area contributed by atoms with Gasteiger partial charge in [-0.3, -0.25) is 14.3 Å². The molecule has 3 aromatic carbocycles. The Labute approximate surface area is 196 Å². The van der Waals surface area contributed by atoms with Gasteiger partial charge in [-0.1, -0.05) is 42.5 Å². The molecule has 0 aliphatic heterocycles. The monoisotopic (exact) mass is 482 g/mol. The molecule has 0 unspecified atom stereocenters. The molecule has 0 amide bonds. The summed E-state index contributed by atoms with van der Waals surface area (Å²) in [5.74, 6) is -1.70. The molecule has 3 aromatic rings. The van der Waals surface area contributed by atoms with Crippen molar-refractivity contribution >= 4 is 33.0 Å². The molecular weight excluding hydrogens is 460 g/mol. The number of hydrogen-bond donors (Lipinski definition) is 3. The molecule has 3 N–H and O–H groups in total. The zero-order valence-electron chi connectivity index (χ0n) is 18.4. The summed E-state index contributed by atoms with van der Waals surface area (Å²) in [6.45, 7) is -0.281. The quantitative estimate of drug-likeness (QED) is 0.343. The first-order valence-corrected chi connectivity index (χ1v) is 12.2. The van der Waals surface area contributed by atoms with E-state index in [1.165, 1.54) is 24.1 Å². The van der Waals surface area contributed by atoms with Crippen LogP contribution in [-0.2, 0) is 10.0 Å². The first-order chi connectivity index (χ1) is 16.1. The first kappa shape index (κ1) is 23.3. The fourth-order valence-electron chi connectivity index (χ4n) is 3.90. The molecule has 1 aliphatic rings. The summed E-state index contributed by atoms with van der Waals surface area (Å²) in [5, 5.41) is 20.8. The number of fused-ring (bicyclic) bond motifs is 2. The molecule has 0 saturated heterocycles. The van der Waals surface area contributed by atoms with Crippen LogP contribution in [0.5, 0.6) is 17.2 Å². The summed E-state index contributed by atoms with van der Waals surface area (Å²) in [7, 11) is -2.42. The molecule has 0 spiro atoms. The maximum absolute atomic E-state index is 13.5. The number of phenolic OH excluding ortho intramolecular Hbond substituents is 1. The summed E-state index contributed by atoms with van der Waals surface area (Å²) in [6.07, 6.45) is 0.902. The molecule has 1 aliphatic carbocycles. The summed E-state index contributed by atoms with van der Waals surface area (Å²) in [6, 6.07) is 14.5. The van der Waals surface area contributed by atoms with Gasteiger partial charge in [0.1, 0.15) is 17.1 Å². The van der Waals surface area contributed by atoms with Crippen LogP contribution >= 0.6 is 0 Å². The van der Waals surface area contributed by atoms with E-state index in [1.54, 1.807) is 42.5 Å². The highest BCUT2D eigenvalue weighted by molar-refractivity contribution is 7.92. The molecule has 0 bridgehead atoms. The highest BCUT2D eigenvalue weighted by atomic mass is 32.2. The lowest BCUT2D eigenvalue weighted by molar-refractivity contribution is 0.0977. The van der Waals surface area contributed by atoms with Crippen molar-refractivity contribution in [2.45, 2.75) is 0 Å². The number of benzene rings is 3. The summed E-state index contributed by atoms with van der Waals surface area (Å²) in [5.41, 5.74) is -0.796. The van der Waals surface area contributed by atoms with E-state index in [2.05, 4.69) is 4.72 Å². The predicted molar refractivity (Wildman–Crippen MR) is 127 cm³/mol. The van der Waals surface area contributed by atoms with Crippen LogP contribution in [0.3, 0.4) is 0 Å². The third kappa shape index (κ3) is 4.09. The number of ether oxygens (including phenoxy) is 1. The number of aliphatic hydroxyl groups is 1. The Bertz CT molecular complexity index is 1400. The Morgan fingerprint density at radius 2 is 1.50 bits per heavy atom. The van der Waals surface area contributed by atoms with Crippen LogP contribution in [0.15, 0.2) is 54.6 Å². The van der Waals surface area contributed by atoms with Gasteiger partial charge in [0.05, 0.1) is 24.0 Å². The number of ketones is 2. The Morgan fingerprint density at radius 3 is 2.06 bits per heavy atom. The number of anilines is 2. The topological polar surface area (TPSA) is 133 Å². The van der Waals surface area contributed by atoms with E-state index in [-0.39, 0.29) is 52.5 Å². The van der Waals surface area contributed by atoms with E-state index in [0.717, 1.165) is 6.26 Å². The maximum Gasteiger partial charge on any atom is 0.229 e. The van der Waals surface area contributed by atoms with Crippen molar-refractivity contribution in [3.63, 3.8) is 0 Å². The third-order valence-electron chi connectivity index (χ3n) is 5.34. The first-order valence-electron chi connectivity index (χ1n) is 10.3. The van der Waals surface area contributed by atoms with Gasteiger partial charge in [-0.05, 0) is 12.1 Å². The molecule has 0 saturated carbocycles. The standard InChI is InChI=1S/C24H22N2O7S/c1-26(12-13-27)20-23(30)18-17(21(28)15-10-6-7-11-16(15)22(18)29)19(25-34(2,31)32)24(20)33-14-8-4-3-5-9-14/h3-11,25,27,30H,12-13H2,1-2H3. The zero-order valence-corrected chi connectivity index (χ0v) is 19.2. The molecule has 0 aromatic heterocycles. The van der Waals surface area contributed by atoms with E-state index >= 15 is 0 Å². The minimum Gasteiger partial charge on any atom is -0.505 e. The van der Waals surface area contributed by atoms with Gasteiger partial charge in [-0.2, -0.15) is 0 Å². The third-order valence-corrected chi connectivity index (χ3v) is 5.92. The molecule has 9 nitrogen and oxygen atoms in total. The van der Waals surface area contributed by atoms with Gasteiger partial charge in [-0.15, -0.1) is 0 Å². The van der Waals surface area contributed by atoms with Crippen molar-refractivity contribution < 1.29 is 33.0 Å². The Morgan fingerprint density at radius 1 is 0.941 bits per heavy atom. The average Bonchev–Trinajstić information content (AvgIpc) is 2.79. The highest BCUT2D eigenvalue weighted by Gasteiger charge is 2.39. The number of phenols is 1. The van der Waals surface area contributed by atoms with Crippen LogP contribution in [0.25, 0.3) is 0 Å². The smallest absolute Gasteiger partial charge is 0.229 e. The fourth-order valence-corrected chi connectivity index (χ4v) is 4.47. The second-order valence-corrected chi connectivity index (χ2v) is 9.54.